The first kappa shape index (κ1) is 34.0. The number of hydrogen-bond acceptors (Lipinski definition) is 3. The summed E-state index contributed by atoms with van der Waals surface area (Å²) in [5, 5.41) is 17.7. The van der Waals surface area contributed by atoms with Gasteiger partial charge in [-0.2, -0.15) is 0 Å². The SMILES string of the molecule is c1ccc(-c2ccccc2C2=NC(c3cccc(-c4c(-c5ccc6c7ccccc7c7ccccc7c6c5)ccc5ccccc45)c3)NC(c3ccccc3)N2)cc1. The Morgan fingerprint density at radius 1 is 0.345 bits per heavy atom. The zero-order valence-electron chi connectivity index (χ0n) is 31.8. The Bertz CT molecular complexity index is 3150. The summed E-state index contributed by atoms with van der Waals surface area (Å²) in [5.74, 6) is 0.865. The molecule has 0 aromatic heterocycles. The molecule has 10 aromatic carbocycles. The van der Waals surface area contributed by atoms with Crippen LogP contribution in [0.15, 0.2) is 217 Å². The molecular formula is C55H39N3. The summed E-state index contributed by atoms with van der Waals surface area (Å²) in [6.45, 7) is 0. The fraction of sp³-hybridized carbons (Fsp3) is 0.0364. The van der Waals surface area contributed by atoms with E-state index in [9.17, 15) is 0 Å². The van der Waals surface area contributed by atoms with Crippen molar-refractivity contribution in [2.75, 3.05) is 0 Å². The van der Waals surface area contributed by atoms with Crippen molar-refractivity contribution in [2.45, 2.75) is 12.3 Å². The van der Waals surface area contributed by atoms with Crippen molar-refractivity contribution in [1.82, 2.24) is 10.6 Å². The molecule has 0 aliphatic carbocycles. The van der Waals surface area contributed by atoms with Gasteiger partial charge in [0.15, 0.2) is 0 Å². The van der Waals surface area contributed by atoms with E-state index in [-0.39, 0.29) is 12.3 Å². The highest BCUT2D eigenvalue weighted by atomic mass is 15.3. The Hall–Kier alpha value is -7.33. The Morgan fingerprint density at radius 3 is 1.66 bits per heavy atom. The minimum Gasteiger partial charge on any atom is -0.350 e. The molecule has 0 fully saturated rings. The van der Waals surface area contributed by atoms with E-state index in [4.69, 9.17) is 4.99 Å². The van der Waals surface area contributed by atoms with Crippen LogP contribution < -0.4 is 10.6 Å². The van der Waals surface area contributed by atoms with Gasteiger partial charge in [0.2, 0.25) is 0 Å². The highest BCUT2D eigenvalue weighted by Crippen LogP contribution is 2.42. The molecule has 11 rings (SSSR count). The summed E-state index contributed by atoms with van der Waals surface area (Å²) in [6, 6.07) is 76.7. The number of aliphatic imine (C=N–C) groups is 1. The van der Waals surface area contributed by atoms with Crippen LogP contribution in [-0.2, 0) is 0 Å². The van der Waals surface area contributed by atoms with Crippen molar-refractivity contribution in [3.05, 3.63) is 229 Å². The summed E-state index contributed by atoms with van der Waals surface area (Å²) in [5.41, 5.74) is 10.4. The Labute approximate surface area is 338 Å². The fourth-order valence-corrected chi connectivity index (χ4v) is 9.00. The highest BCUT2D eigenvalue weighted by molar-refractivity contribution is 6.26. The third kappa shape index (κ3) is 5.92. The maximum absolute atomic E-state index is 5.44. The van der Waals surface area contributed by atoms with E-state index in [1.54, 1.807) is 0 Å². The van der Waals surface area contributed by atoms with E-state index in [2.05, 4.69) is 223 Å². The summed E-state index contributed by atoms with van der Waals surface area (Å²) in [4.78, 5) is 5.44. The zero-order chi connectivity index (χ0) is 38.4. The van der Waals surface area contributed by atoms with Gasteiger partial charge in [-0.1, -0.05) is 200 Å². The van der Waals surface area contributed by atoms with Crippen LogP contribution in [0, 0.1) is 0 Å². The quantitative estimate of drug-likeness (QED) is 0.167. The molecule has 0 bridgehead atoms. The molecule has 2 atom stereocenters. The Morgan fingerprint density at radius 2 is 0.914 bits per heavy atom. The summed E-state index contributed by atoms with van der Waals surface area (Å²) >= 11 is 0. The maximum Gasteiger partial charge on any atom is 0.132 e. The minimum absolute atomic E-state index is 0.150. The van der Waals surface area contributed by atoms with E-state index in [1.165, 1.54) is 59.8 Å². The molecule has 2 unspecified atom stereocenters. The maximum atomic E-state index is 5.44. The van der Waals surface area contributed by atoms with Gasteiger partial charge in [0, 0.05) is 5.56 Å². The molecule has 1 heterocycles. The zero-order valence-corrected chi connectivity index (χ0v) is 31.8. The first-order valence-corrected chi connectivity index (χ1v) is 20.0. The molecule has 1 aliphatic rings. The lowest BCUT2D eigenvalue weighted by atomic mass is 9.87. The molecule has 0 saturated heterocycles. The van der Waals surface area contributed by atoms with Crippen LogP contribution in [0.1, 0.15) is 29.0 Å². The monoisotopic (exact) mass is 741 g/mol. The lowest BCUT2D eigenvalue weighted by Gasteiger charge is -2.33. The van der Waals surface area contributed by atoms with Crippen molar-refractivity contribution >= 4 is 48.9 Å². The lowest BCUT2D eigenvalue weighted by molar-refractivity contribution is 0.409. The highest BCUT2D eigenvalue weighted by Gasteiger charge is 2.27. The second kappa shape index (κ2) is 14.3. The van der Waals surface area contributed by atoms with E-state index < -0.39 is 0 Å². The molecule has 3 nitrogen and oxygen atoms in total. The van der Waals surface area contributed by atoms with Crippen LogP contribution in [0.5, 0.6) is 0 Å². The number of nitrogens with one attached hydrogen (secondary N) is 2. The van der Waals surface area contributed by atoms with Gasteiger partial charge in [-0.15, -0.1) is 0 Å². The third-order valence-corrected chi connectivity index (χ3v) is 11.7. The first-order valence-electron chi connectivity index (χ1n) is 20.0. The molecule has 0 amide bonds. The molecule has 1 aliphatic heterocycles. The summed E-state index contributed by atoms with van der Waals surface area (Å²) < 4.78 is 0. The van der Waals surface area contributed by atoms with Crippen molar-refractivity contribution in [2.24, 2.45) is 4.99 Å². The number of nitrogens with zero attached hydrogens (tertiary/aromatic N) is 1. The van der Waals surface area contributed by atoms with Crippen LogP contribution in [0.2, 0.25) is 0 Å². The predicted molar refractivity (Wildman–Crippen MR) is 244 cm³/mol. The molecule has 58 heavy (non-hydrogen) atoms. The van der Waals surface area contributed by atoms with Gasteiger partial charge in [-0.3, -0.25) is 5.32 Å². The standard InChI is InChI=1S/C55H39N3/c1-3-16-36(17-4-1)42-23-9-14-29-50(42)55-57-53(38-19-5-2-6-20-38)56-54(58-55)41-22-15-21-40(34-41)52-43-24-8-7-18-37(43)30-32-44(52)39-31-33-49-47-27-11-10-25-45(47)46-26-12-13-28-48(46)51(49)35-39/h1-35,53-54,56H,(H,57,58). The van der Waals surface area contributed by atoms with E-state index in [0.29, 0.717) is 0 Å². The lowest BCUT2D eigenvalue weighted by Crippen LogP contribution is -2.45. The summed E-state index contributed by atoms with van der Waals surface area (Å²) in [7, 11) is 0. The van der Waals surface area contributed by atoms with Crippen molar-refractivity contribution in [1.29, 1.82) is 0 Å². The smallest absolute Gasteiger partial charge is 0.132 e. The van der Waals surface area contributed by atoms with Gasteiger partial charge < -0.3 is 5.32 Å². The molecule has 0 saturated carbocycles. The molecule has 0 spiro atoms. The second-order valence-electron chi connectivity index (χ2n) is 15.1. The number of rotatable bonds is 6. The number of hydrogen-bond donors (Lipinski definition) is 2. The molecule has 3 heteroatoms. The van der Waals surface area contributed by atoms with Crippen LogP contribution >= 0.6 is 0 Å². The van der Waals surface area contributed by atoms with Crippen molar-refractivity contribution in [3.63, 3.8) is 0 Å². The van der Waals surface area contributed by atoms with E-state index >= 15 is 0 Å². The molecular weight excluding hydrogens is 703 g/mol. The topological polar surface area (TPSA) is 36.4 Å². The molecule has 10 aromatic rings. The van der Waals surface area contributed by atoms with E-state index in [1.807, 2.05) is 0 Å². The molecule has 274 valence electrons. The average molecular weight is 742 g/mol. The fourth-order valence-electron chi connectivity index (χ4n) is 9.00. The second-order valence-corrected chi connectivity index (χ2v) is 15.1. The van der Waals surface area contributed by atoms with Gasteiger partial charge in [-0.25, -0.2) is 4.99 Å². The Balaban J connectivity index is 1.08. The molecule has 0 radical (unpaired) electrons. The Kier molecular flexibility index (Phi) is 8.38. The largest absolute Gasteiger partial charge is 0.350 e. The number of benzene rings is 10. The van der Waals surface area contributed by atoms with Gasteiger partial charge in [0.05, 0.1) is 0 Å². The predicted octanol–water partition coefficient (Wildman–Crippen LogP) is 13.6. The van der Waals surface area contributed by atoms with E-state index in [0.717, 1.165) is 39.2 Å². The van der Waals surface area contributed by atoms with Crippen LogP contribution in [0.3, 0.4) is 0 Å². The third-order valence-electron chi connectivity index (χ3n) is 11.7. The van der Waals surface area contributed by atoms with Gasteiger partial charge in [0.25, 0.3) is 0 Å². The number of fused-ring (bicyclic) bond motifs is 7. The van der Waals surface area contributed by atoms with Crippen LogP contribution in [-0.4, -0.2) is 5.84 Å². The summed E-state index contributed by atoms with van der Waals surface area (Å²) in [6.07, 6.45) is -0.452. The van der Waals surface area contributed by atoms with Gasteiger partial charge in [-0.05, 0) is 99.7 Å². The van der Waals surface area contributed by atoms with Gasteiger partial charge >= 0.3 is 0 Å². The van der Waals surface area contributed by atoms with Crippen molar-refractivity contribution < 1.29 is 0 Å². The van der Waals surface area contributed by atoms with Gasteiger partial charge in [0.1, 0.15) is 18.2 Å². The molecule has 2 N–H and O–H groups in total. The number of amidine groups is 1. The van der Waals surface area contributed by atoms with Crippen LogP contribution in [0.25, 0.3) is 76.5 Å². The normalized spacial score (nSPS) is 15.4. The minimum atomic E-state index is -0.302. The van der Waals surface area contributed by atoms with Crippen molar-refractivity contribution in [3.8, 4) is 33.4 Å². The van der Waals surface area contributed by atoms with Crippen LogP contribution in [0.4, 0.5) is 0 Å². The first-order chi connectivity index (χ1) is 28.8. The average Bonchev–Trinajstić information content (AvgIpc) is 3.31.